The van der Waals surface area contributed by atoms with Gasteiger partial charge in [0.05, 0.1) is 0 Å². The van der Waals surface area contributed by atoms with Crippen LogP contribution in [0.5, 0.6) is 0 Å². The third kappa shape index (κ3) is 2.08. The number of fused-ring (bicyclic) bond motifs is 5. The standard InChI is InChI=1S/C22H32O3/c1-13-11-16-17(20(3)8-5-15(24)12-19(13)20)6-9-21(4)18(16)7-10-22(21,25)14(2)23/h12-13,16-18,25H,5-11H2,1-4H3/t13?,16?,17?,18?,20?,21?,22-/m0/s1. The van der Waals surface area contributed by atoms with Gasteiger partial charge in [-0.2, -0.15) is 0 Å². The van der Waals surface area contributed by atoms with E-state index in [0.29, 0.717) is 42.3 Å². The van der Waals surface area contributed by atoms with Crippen molar-refractivity contribution in [1.82, 2.24) is 0 Å². The van der Waals surface area contributed by atoms with Crippen molar-refractivity contribution in [2.45, 2.75) is 78.2 Å². The Morgan fingerprint density at radius 3 is 2.52 bits per heavy atom. The van der Waals surface area contributed by atoms with Crippen LogP contribution in [-0.4, -0.2) is 22.3 Å². The van der Waals surface area contributed by atoms with Crippen LogP contribution in [0.15, 0.2) is 11.6 Å². The fourth-order valence-corrected chi connectivity index (χ4v) is 7.58. The minimum Gasteiger partial charge on any atom is -0.382 e. The molecule has 138 valence electrons. The average molecular weight is 344 g/mol. The molecule has 3 saturated carbocycles. The first-order valence-corrected chi connectivity index (χ1v) is 10.1. The molecule has 25 heavy (non-hydrogen) atoms. The molecule has 3 heteroatoms. The molecule has 0 aromatic heterocycles. The zero-order chi connectivity index (χ0) is 18.2. The van der Waals surface area contributed by atoms with Gasteiger partial charge in [-0.05, 0) is 80.6 Å². The van der Waals surface area contributed by atoms with E-state index in [-0.39, 0.29) is 16.6 Å². The van der Waals surface area contributed by atoms with Crippen LogP contribution in [0.1, 0.15) is 72.6 Å². The van der Waals surface area contributed by atoms with Gasteiger partial charge in [-0.3, -0.25) is 9.59 Å². The molecular formula is C22H32O3. The van der Waals surface area contributed by atoms with Crippen molar-refractivity contribution >= 4 is 11.6 Å². The molecule has 4 rings (SSSR count). The van der Waals surface area contributed by atoms with Crippen LogP contribution in [0.3, 0.4) is 0 Å². The molecule has 0 radical (unpaired) electrons. The van der Waals surface area contributed by atoms with Crippen LogP contribution in [0, 0.1) is 34.5 Å². The number of hydrogen-bond acceptors (Lipinski definition) is 3. The van der Waals surface area contributed by atoms with Crippen LogP contribution >= 0.6 is 0 Å². The van der Waals surface area contributed by atoms with Gasteiger partial charge in [-0.25, -0.2) is 0 Å². The van der Waals surface area contributed by atoms with E-state index in [0.717, 1.165) is 32.1 Å². The molecule has 1 N–H and O–H groups in total. The van der Waals surface area contributed by atoms with Gasteiger partial charge in [0.15, 0.2) is 11.6 Å². The van der Waals surface area contributed by atoms with Crippen molar-refractivity contribution in [2.75, 3.05) is 0 Å². The summed E-state index contributed by atoms with van der Waals surface area (Å²) in [4.78, 5) is 24.3. The first kappa shape index (κ1) is 17.5. The highest BCUT2D eigenvalue weighted by molar-refractivity contribution is 5.91. The average Bonchev–Trinajstić information content (AvgIpc) is 2.83. The Hall–Kier alpha value is -0.960. The quantitative estimate of drug-likeness (QED) is 0.779. The van der Waals surface area contributed by atoms with Gasteiger partial charge in [0.2, 0.25) is 0 Å². The molecule has 4 aliphatic rings. The Kier molecular flexibility index (Phi) is 3.69. The van der Waals surface area contributed by atoms with Gasteiger partial charge in [0.1, 0.15) is 5.60 Å². The van der Waals surface area contributed by atoms with E-state index in [9.17, 15) is 14.7 Å². The number of aliphatic hydroxyl groups is 1. The summed E-state index contributed by atoms with van der Waals surface area (Å²) in [7, 11) is 0. The Morgan fingerprint density at radius 1 is 1.16 bits per heavy atom. The van der Waals surface area contributed by atoms with Gasteiger partial charge in [-0.1, -0.05) is 26.3 Å². The molecule has 0 heterocycles. The summed E-state index contributed by atoms with van der Waals surface area (Å²) in [6.45, 7) is 8.40. The smallest absolute Gasteiger partial charge is 0.161 e. The first-order chi connectivity index (χ1) is 11.6. The van der Waals surface area contributed by atoms with Crippen LogP contribution in [0.25, 0.3) is 0 Å². The fourth-order valence-electron chi connectivity index (χ4n) is 7.58. The third-order valence-electron chi connectivity index (χ3n) is 9.01. The molecule has 7 atom stereocenters. The monoisotopic (exact) mass is 344 g/mol. The summed E-state index contributed by atoms with van der Waals surface area (Å²) in [6, 6.07) is 0. The summed E-state index contributed by atoms with van der Waals surface area (Å²) in [6.07, 6.45) is 8.31. The van der Waals surface area contributed by atoms with Crippen LogP contribution in [0.2, 0.25) is 0 Å². The number of allylic oxidation sites excluding steroid dienone is 1. The predicted octanol–water partition coefficient (Wildman–Crippen LogP) is 4.08. The van der Waals surface area contributed by atoms with E-state index in [1.165, 1.54) is 5.57 Å². The maximum atomic E-state index is 12.3. The highest BCUT2D eigenvalue weighted by Gasteiger charge is 2.66. The molecule has 3 nitrogen and oxygen atoms in total. The van der Waals surface area contributed by atoms with Gasteiger partial charge in [-0.15, -0.1) is 0 Å². The van der Waals surface area contributed by atoms with Crippen molar-refractivity contribution in [3.05, 3.63) is 11.6 Å². The molecular weight excluding hydrogens is 312 g/mol. The Morgan fingerprint density at radius 2 is 1.84 bits per heavy atom. The van der Waals surface area contributed by atoms with Crippen LogP contribution in [-0.2, 0) is 9.59 Å². The normalized spacial score (nSPS) is 52.0. The van der Waals surface area contributed by atoms with E-state index in [1.807, 2.05) is 6.08 Å². The fraction of sp³-hybridized carbons (Fsp3) is 0.818. The number of hydrogen-bond donors (Lipinski definition) is 1. The summed E-state index contributed by atoms with van der Waals surface area (Å²) < 4.78 is 0. The van der Waals surface area contributed by atoms with Crippen molar-refractivity contribution in [3.63, 3.8) is 0 Å². The Labute approximate surface area is 151 Å². The van der Waals surface area contributed by atoms with E-state index >= 15 is 0 Å². The van der Waals surface area contributed by atoms with Gasteiger partial charge in [0.25, 0.3) is 0 Å². The number of rotatable bonds is 1. The zero-order valence-electron chi connectivity index (χ0n) is 16.1. The number of carbonyl (C=O) groups is 2. The molecule has 0 spiro atoms. The summed E-state index contributed by atoms with van der Waals surface area (Å²) in [5.41, 5.74) is 0.107. The lowest BCUT2D eigenvalue weighted by Crippen LogP contribution is -2.57. The second-order valence-corrected chi connectivity index (χ2v) is 9.91. The molecule has 3 fully saturated rings. The van der Waals surface area contributed by atoms with Crippen molar-refractivity contribution < 1.29 is 14.7 Å². The van der Waals surface area contributed by atoms with Gasteiger partial charge < -0.3 is 5.11 Å². The molecule has 0 aliphatic heterocycles. The molecule has 0 saturated heterocycles. The molecule has 0 amide bonds. The maximum Gasteiger partial charge on any atom is 0.161 e. The van der Waals surface area contributed by atoms with E-state index in [1.54, 1.807) is 6.92 Å². The third-order valence-corrected chi connectivity index (χ3v) is 9.01. The lowest BCUT2D eigenvalue weighted by Gasteiger charge is -2.60. The molecule has 0 aromatic rings. The summed E-state index contributed by atoms with van der Waals surface area (Å²) >= 11 is 0. The molecule has 4 aliphatic carbocycles. The number of carbonyl (C=O) groups excluding carboxylic acids is 2. The molecule has 0 bridgehead atoms. The van der Waals surface area contributed by atoms with Crippen molar-refractivity contribution in [3.8, 4) is 0 Å². The first-order valence-electron chi connectivity index (χ1n) is 10.1. The second-order valence-electron chi connectivity index (χ2n) is 9.91. The van der Waals surface area contributed by atoms with Crippen molar-refractivity contribution in [2.24, 2.45) is 34.5 Å². The Balaban J connectivity index is 1.73. The van der Waals surface area contributed by atoms with Crippen LogP contribution < -0.4 is 0 Å². The van der Waals surface area contributed by atoms with Gasteiger partial charge >= 0.3 is 0 Å². The predicted molar refractivity (Wildman–Crippen MR) is 96.9 cm³/mol. The van der Waals surface area contributed by atoms with E-state index < -0.39 is 5.60 Å². The molecule has 0 aromatic carbocycles. The highest BCUT2D eigenvalue weighted by Crippen LogP contribution is 2.68. The highest BCUT2D eigenvalue weighted by atomic mass is 16.3. The van der Waals surface area contributed by atoms with E-state index in [4.69, 9.17) is 0 Å². The largest absolute Gasteiger partial charge is 0.382 e. The minimum atomic E-state index is -1.13. The zero-order valence-corrected chi connectivity index (χ0v) is 16.1. The lowest BCUT2D eigenvalue weighted by molar-refractivity contribution is -0.161. The number of ketones is 2. The lowest BCUT2D eigenvalue weighted by atomic mass is 9.45. The minimum absolute atomic E-state index is 0.0464. The van der Waals surface area contributed by atoms with Crippen molar-refractivity contribution in [1.29, 1.82) is 0 Å². The van der Waals surface area contributed by atoms with E-state index in [2.05, 4.69) is 20.8 Å². The van der Waals surface area contributed by atoms with Gasteiger partial charge in [0, 0.05) is 11.8 Å². The Bertz CT molecular complexity index is 664. The van der Waals surface area contributed by atoms with Crippen LogP contribution in [0.4, 0.5) is 0 Å². The maximum absolute atomic E-state index is 12.3. The SMILES string of the molecule is CC(=O)[C@@]1(O)CCC2C3CC(C)C4=CC(=O)CCC4(C)C3CCC21C. The molecule has 6 unspecified atom stereocenters. The summed E-state index contributed by atoms with van der Waals surface area (Å²) in [5, 5.41) is 11.2. The second kappa shape index (κ2) is 5.28. The summed E-state index contributed by atoms with van der Waals surface area (Å²) in [5.74, 6) is 2.27. The topological polar surface area (TPSA) is 54.4 Å². The number of Topliss-reactive ketones (excluding diaryl/α,β-unsaturated/α-hetero) is 1.